The first-order chi connectivity index (χ1) is 4.75. The van der Waals surface area contributed by atoms with Gasteiger partial charge in [0.1, 0.15) is 6.29 Å². The maximum atomic E-state index is 10.4. The lowest BCUT2D eigenvalue weighted by molar-refractivity contribution is -0.110. The summed E-state index contributed by atoms with van der Waals surface area (Å²) in [6, 6.07) is 0.0671. The number of thiocarbonyl (C=S) groups is 1. The summed E-state index contributed by atoms with van der Waals surface area (Å²) in [4.78, 5) is 13.3. The van der Waals surface area contributed by atoms with Crippen LogP contribution in [0, 0.1) is 0 Å². The third-order valence-corrected chi connectivity index (χ3v) is 2.10. The molecule has 0 aromatic rings. The van der Waals surface area contributed by atoms with Gasteiger partial charge in [0.05, 0.1) is 11.0 Å². The van der Waals surface area contributed by atoms with Crippen LogP contribution < -0.4 is 0 Å². The van der Waals surface area contributed by atoms with E-state index < -0.39 is 0 Å². The fourth-order valence-electron chi connectivity index (χ4n) is 1.32. The lowest BCUT2D eigenvalue weighted by atomic mass is 10.2. The van der Waals surface area contributed by atoms with Crippen molar-refractivity contribution in [3.05, 3.63) is 0 Å². The molecule has 1 aliphatic heterocycles. The summed E-state index contributed by atoms with van der Waals surface area (Å²) in [5.41, 5.74) is 0. The van der Waals surface area contributed by atoms with E-state index >= 15 is 0 Å². The van der Waals surface area contributed by atoms with Gasteiger partial charge in [0, 0.05) is 6.54 Å². The molecule has 0 saturated carbocycles. The molecule has 0 aliphatic carbocycles. The van der Waals surface area contributed by atoms with E-state index in [-0.39, 0.29) is 6.04 Å². The summed E-state index contributed by atoms with van der Waals surface area (Å²) >= 11 is 4.97. The Kier molecular flexibility index (Phi) is 2.38. The molecule has 56 valence electrons. The number of rotatable bonds is 1. The van der Waals surface area contributed by atoms with Crippen LogP contribution in [0.25, 0.3) is 0 Å². The monoisotopic (exact) mass is 157 g/mol. The van der Waals surface area contributed by atoms with Gasteiger partial charge >= 0.3 is 0 Å². The van der Waals surface area contributed by atoms with Crippen molar-refractivity contribution in [3.8, 4) is 0 Å². The van der Waals surface area contributed by atoms with Gasteiger partial charge in [-0.15, -0.1) is 0 Å². The minimum Gasteiger partial charge on any atom is -0.357 e. The Morgan fingerprint density at radius 1 is 1.80 bits per heavy atom. The molecule has 0 bridgehead atoms. The molecule has 1 atom stereocenters. The summed E-state index contributed by atoms with van der Waals surface area (Å²) in [6.07, 6.45) is 3.05. The van der Waals surface area contributed by atoms with Crippen molar-refractivity contribution in [2.45, 2.75) is 25.8 Å². The topological polar surface area (TPSA) is 20.3 Å². The Balaban J connectivity index is 2.58. The van der Waals surface area contributed by atoms with Crippen LogP contribution >= 0.6 is 12.2 Å². The molecule has 0 unspecified atom stereocenters. The van der Waals surface area contributed by atoms with Gasteiger partial charge in [-0.05, 0) is 19.8 Å². The van der Waals surface area contributed by atoms with Crippen molar-refractivity contribution >= 4 is 23.5 Å². The van der Waals surface area contributed by atoms with E-state index in [1.165, 1.54) is 0 Å². The van der Waals surface area contributed by atoms with Crippen molar-refractivity contribution in [1.82, 2.24) is 4.90 Å². The highest BCUT2D eigenvalue weighted by Gasteiger charge is 2.23. The zero-order chi connectivity index (χ0) is 7.56. The number of aldehydes is 1. The highest BCUT2D eigenvalue weighted by atomic mass is 32.1. The average molecular weight is 157 g/mol. The van der Waals surface area contributed by atoms with Crippen molar-refractivity contribution < 1.29 is 4.79 Å². The molecule has 2 nitrogen and oxygen atoms in total. The molecule has 1 heterocycles. The first-order valence-corrected chi connectivity index (χ1v) is 3.89. The molecule has 0 radical (unpaired) electrons. The van der Waals surface area contributed by atoms with Crippen molar-refractivity contribution in [1.29, 1.82) is 0 Å². The molecular weight excluding hydrogens is 146 g/mol. The standard InChI is InChI=1S/C7H11NOS/c1-6(10)8-4-2-3-7(8)5-9/h5,7H,2-4H2,1H3/t7-/m1/s1. The van der Waals surface area contributed by atoms with E-state index in [1.54, 1.807) is 0 Å². The van der Waals surface area contributed by atoms with Crippen molar-refractivity contribution in [2.75, 3.05) is 6.54 Å². The molecule has 1 rings (SSSR count). The number of nitrogens with zero attached hydrogens (tertiary/aromatic N) is 1. The molecule has 1 saturated heterocycles. The van der Waals surface area contributed by atoms with Gasteiger partial charge in [0.2, 0.25) is 0 Å². The summed E-state index contributed by atoms with van der Waals surface area (Å²) in [6.45, 7) is 2.83. The smallest absolute Gasteiger partial charge is 0.142 e. The van der Waals surface area contributed by atoms with Gasteiger partial charge < -0.3 is 9.69 Å². The van der Waals surface area contributed by atoms with Gasteiger partial charge in [-0.3, -0.25) is 0 Å². The van der Waals surface area contributed by atoms with Crippen LogP contribution in [0.5, 0.6) is 0 Å². The minimum atomic E-state index is 0.0671. The maximum absolute atomic E-state index is 10.4. The molecular formula is C7H11NOS. The maximum Gasteiger partial charge on any atom is 0.142 e. The molecule has 0 aromatic carbocycles. The SMILES string of the molecule is CC(=S)N1CCC[C@@H]1C=O. The quantitative estimate of drug-likeness (QED) is 0.418. The van der Waals surface area contributed by atoms with E-state index in [0.29, 0.717) is 0 Å². The van der Waals surface area contributed by atoms with Gasteiger partial charge in [0.25, 0.3) is 0 Å². The van der Waals surface area contributed by atoms with E-state index in [9.17, 15) is 4.79 Å². The van der Waals surface area contributed by atoms with Crippen LogP contribution in [0.15, 0.2) is 0 Å². The van der Waals surface area contributed by atoms with E-state index in [2.05, 4.69) is 0 Å². The van der Waals surface area contributed by atoms with Crippen LogP contribution in [-0.4, -0.2) is 28.8 Å². The average Bonchev–Trinajstić information content (AvgIpc) is 2.33. The van der Waals surface area contributed by atoms with Gasteiger partial charge in [-0.2, -0.15) is 0 Å². The second kappa shape index (κ2) is 3.10. The number of likely N-dealkylation sites (tertiary alicyclic amines) is 1. The molecule has 3 heteroatoms. The van der Waals surface area contributed by atoms with Crippen LogP contribution in [0.4, 0.5) is 0 Å². The Morgan fingerprint density at radius 3 is 2.90 bits per heavy atom. The Hall–Kier alpha value is -0.440. The number of hydrogen-bond acceptors (Lipinski definition) is 2. The Labute approximate surface area is 66.2 Å². The van der Waals surface area contributed by atoms with Crippen LogP contribution in [0.2, 0.25) is 0 Å². The first kappa shape index (κ1) is 7.66. The first-order valence-electron chi connectivity index (χ1n) is 3.48. The lowest BCUT2D eigenvalue weighted by Gasteiger charge is -2.20. The minimum absolute atomic E-state index is 0.0671. The number of hydrogen-bond donors (Lipinski definition) is 0. The Bertz CT molecular complexity index is 158. The third kappa shape index (κ3) is 1.34. The summed E-state index contributed by atoms with van der Waals surface area (Å²) in [5, 5.41) is 0. The van der Waals surface area contributed by atoms with Gasteiger partial charge in [-0.25, -0.2) is 0 Å². The summed E-state index contributed by atoms with van der Waals surface area (Å²) in [7, 11) is 0. The predicted molar refractivity (Wildman–Crippen MR) is 44.1 cm³/mol. The summed E-state index contributed by atoms with van der Waals surface area (Å²) in [5.74, 6) is 0. The number of carbonyl (C=O) groups is 1. The molecule has 0 amide bonds. The second-order valence-electron chi connectivity index (χ2n) is 2.56. The largest absolute Gasteiger partial charge is 0.357 e. The van der Waals surface area contributed by atoms with Crippen molar-refractivity contribution in [2.24, 2.45) is 0 Å². The van der Waals surface area contributed by atoms with Gasteiger partial charge in [0.15, 0.2) is 0 Å². The predicted octanol–water partition coefficient (Wildman–Crippen LogP) is 0.997. The van der Waals surface area contributed by atoms with Gasteiger partial charge in [-0.1, -0.05) is 12.2 Å². The van der Waals surface area contributed by atoms with Crippen LogP contribution in [0.3, 0.4) is 0 Å². The highest BCUT2D eigenvalue weighted by molar-refractivity contribution is 7.80. The zero-order valence-corrected chi connectivity index (χ0v) is 6.86. The summed E-state index contributed by atoms with van der Waals surface area (Å²) < 4.78 is 0. The van der Waals surface area contributed by atoms with Crippen LogP contribution in [0.1, 0.15) is 19.8 Å². The molecule has 10 heavy (non-hydrogen) atoms. The van der Waals surface area contributed by atoms with E-state index in [1.807, 2.05) is 11.8 Å². The molecule has 1 fully saturated rings. The molecule has 0 N–H and O–H groups in total. The third-order valence-electron chi connectivity index (χ3n) is 1.86. The molecule has 0 aromatic heterocycles. The van der Waals surface area contributed by atoms with Crippen LogP contribution in [-0.2, 0) is 4.79 Å². The Morgan fingerprint density at radius 2 is 2.50 bits per heavy atom. The fourth-order valence-corrected chi connectivity index (χ4v) is 1.55. The van der Waals surface area contributed by atoms with E-state index in [4.69, 9.17) is 12.2 Å². The van der Waals surface area contributed by atoms with E-state index in [0.717, 1.165) is 30.7 Å². The fraction of sp³-hybridized carbons (Fsp3) is 0.714. The molecule has 1 aliphatic rings. The lowest BCUT2D eigenvalue weighted by Crippen LogP contribution is -2.33. The number of carbonyl (C=O) groups excluding carboxylic acids is 1. The normalized spacial score (nSPS) is 24.9. The highest BCUT2D eigenvalue weighted by Crippen LogP contribution is 2.15. The van der Waals surface area contributed by atoms with Crippen molar-refractivity contribution in [3.63, 3.8) is 0 Å². The second-order valence-corrected chi connectivity index (χ2v) is 3.15. The molecule has 0 spiro atoms. The zero-order valence-electron chi connectivity index (χ0n) is 6.04.